The molecule has 3 nitrogen and oxygen atoms in total. The van der Waals surface area contributed by atoms with E-state index in [0.29, 0.717) is 11.3 Å². The van der Waals surface area contributed by atoms with Gasteiger partial charge in [0.15, 0.2) is 0 Å². The Morgan fingerprint density at radius 3 is 1.69 bits per heavy atom. The SMILES string of the molecule is NC(=O)c1c(C2CCC(C(F)(F)F)CC2)ccnc1C1CCC(C(F)(F)F)CC1. The fourth-order valence-electron chi connectivity index (χ4n) is 4.84. The van der Waals surface area contributed by atoms with Crippen molar-refractivity contribution in [3.63, 3.8) is 0 Å². The summed E-state index contributed by atoms with van der Waals surface area (Å²) in [7, 11) is 0. The summed E-state index contributed by atoms with van der Waals surface area (Å²) in [6, 6.07) is 1.61. The molecule has 1 heterocycles. The molecule has 0 spiro atoms. The number of aromatic nitrogens is 1. The van der Waals surface area contributed by atoms with Gasteiger partial charge >= 0.3 is 12.4 Å². The van der Waals surface area contributed by atoms with Crippen LogP contribution in [0.3, 0.4) is 0 Å². The summed E-state index contributed by atoms with van der Waals surface area (Å²) < 4.78 is 77.6. The van der Waals surface area contributed by atoms with E-state index >= 15 is 0 Å². The second-order valence-electron chi connectivity index (χ2n) is 8.20. The normalized spacial score (nSPS) is 28.9. The third-order valence-electron chi connectivity index (χ3n) is 6.47. The highest BCUT2D eigenvalue weighted by Gasteiger charge is 2.44. The Labute approximate surface area is 165 Å². The molecule has 1 amide bonds. The van der Waals surface area contributed by atoms with Gasteiger partial charge in [0, 0.05) is 12.1 Å². The number of alkyl halides is 6. The fraction of sp³-hybridized carbons (Fsp3) is 0.700. The number of amides is 1. The smallest absolute Gasteiger partial charge is 0.366 e. The van der Waals surface area contributed by atoms with E-state index in [1.165, 1.54) is 6.20 Å². The van der Waals surface area contributed by atoms with Gasteiger partial charge in [0.2, 0.25) is 0 Å². The van der Waals surface area contributed by atoms with Crippen molar-refractivity contribution in [2.24, 2.45) is 17.6 Å². The number of pyridine rings is 1. The van der Waals surface area contributed by atoms with E-state index in [0.717, 1.165) is 0 Å². The minimum atomic E-state index is -4.23. The summed E-state index contributed by atoms with van der Waals surface area (Å²) in [6.07, 6.45) is -5.98. The first-order valence-corrected chi connectivity index (χ1v) is 9.90. The number of rotatable bonds is 3. The first-order valence-electron chi connectivity index (χ1n) is 9.90. The lowest BCUT2D eigenvalue weighted by Crippen LogP contribution is -2.30. The molecule has 0 atom stereocenters. The number of carbonyl (C=O) groups excluding carboxylic acids is 1. The lowest BCUT2D eigenvalue weighted by atomic mass is 9.74. The molecule has 0 unspecified atom stereocenters. The Bertz CT molecular complexity index is 677. The van der Waals surface area contributed by atoms with Gasteiger partial charge in [-0.1, -0.05) is 0 Å². The summed E-state index contributed by atoms with van der Waals surface area (Å²) in [5.74, 6) is -3.95. The first-order chi connectivity index (χ1) is 13.5. The molecule has 1 aromatic rings. The van der Waals surface area contributed by atoms with Gasteiger partial charge in [0.25, 0.3) is 5.91 Å². The van der Waals surface area contributed by atoms with Crippen LogP contribution in [0.25, 0.3) is 0 Å². The van der Waals surface area contributed by atoms with Gasteiger partial charge in [-0.05, 0) is 68.9 Å². The quantitative estimate of drug-likeness (QED) is 0.621. The van der Waals surface area contributed by atoms with Gasteiger partial charge in [-0.3, -0.25) is 9.78 Å². The van der Waals surface area contributed by atoms with E-state index in [1.807, 2.05) is 0 Å². The number of nitrogens with zero attached hydrogens (tertiary/aromatic N) is 1. The average Bonchev–Trinajstić information content (AvgIpc) is 2.66. The lowest BCUT2D eigenvalue weighted by molar-refractivity contribution is -0.183. The van der Waals surface area contributed by atoms with Crippen molar-refractivity contribution in [2.45, 2.75) is 75.6 Å². The van der Waals surface area contributed by atoms with Crippen molar-refractivity contribution >= 4 is 5.91 Å². The van der Waals surface area contributed by atoms with Crippen LogP contribution < -0.4 is 5.73 Å². The lowest BCUT2D eigenvalue weighted by Gasteiger charge is -2.33. The molecule has 2 aliphatic carbocycles. The van der Waals surface area contributed by atoms with Crippen LogP contribution >= 0.6 is 0 Å². The Hall–Kier alpha value is -1.80. The molecule has 2 N–H and O–H groups in total. The van der Waals surface area contributed by atoms with Crippen molar-refractivity contribution in [3.8, 4) is 0 Å². The number of carbonyl (C=O) groups is 1. The molecular weight excluding hydrogens is 398 g/mol. The van der Waals surface area contributed by atoms with Crippen LogP contribution in [0.1, 0.15) is 84.8 Å². The predicted octanol–water partition coefficient (Wildman–Crippen LogP) is 5.85. The Morgan fingerprint density at radius 1 is 0.828 bits per heavy atom. The maximum absolute atomic E-state index is 12.9. The van der Waals surface area contributed by atoms with E-state index in [2.05, 4.69) is 4.98 Å². The molecule has 2 fully saturated rings. The number of hydrogen-bond acceptors (Lipinski definition) is 2. The summed E-state index contributed by atoms with van der Waals surface area (Å²) >= 11 is 0. The molecule has 1 aromatic heterocycles. The van der Waals surface area contributed by atoms with E-state index in [-0.39, 0.29) is 68.8 Å². The maximum atomic E-state index is 12.9. The fourth-order valence-corrected chi connectivity index (χ4v) is 4.84. The molecule has 0 saturated heterocycles. The van der Waals surface area contributed by atoms with Crippen LogP contribution in [0.5, 0.6) is 0 Å². The van der Waals surface area contributed by atoms with Crippen LogP contribution in [0.2, 0.25) is 0 Å². The zero-order valence-corrected chi connectivity index (χ0v) is 15.8. The molecule has 0 radical (unpaired) electrons. The van der Waals surface area contributed by atoms with Gasteiger partial charge in [-0.2, -0.15) is 26.3 Å². The zero-order chi connectivity index (χ0) is 21.4. The Kier molecular flexibility index (Phi) is 6.15. The van der Waals surface area contributed by atoms with E-state index in [1.54, 1.807) is 6.07 Å². The zero-order valence-electron chi connectivity index (χ0n) is 15.8. The van der Waals surface area contributed by atoms with Gasteiger partial charge in [-0.25, -0.2) is 0 Å². The predicted molar refractivity (Wildman–Crippen MR) is 94.3 cm³/mol. The largest absolute Gasteiger partial charge is 0.391 e. The van der Waals surface area contributed by atoms with E-state index in [9.17, 15) is 31.1 Å². The molecule has 2 saturated carbocycles. The second-order valence-corrected chi connectivity index (χ2v) is 8.20. The Balaban J connectivity index is 1.80. The highest BCUT2D eigenvalue weighted by molar-refractivity contribution is 5.95. The van der Waals surface area contributed by atoms with Gasteiger partial charge in [0.1, 0.15) is 0 Å². The van der Waals surface area contributed by atoms with Crippen LogP contribution in [0.15, 0.2) is 12.3 Å². The number of primary amides is 1. The second kappa shape index (κ2) is 8.14. The first kappa shape index (κ1) is 21.9. The van der Waals surface area contributed by atoms with Crippen LogP contribution in [-0.4, -0.2) is 23.2 Å². The standard InChI is InChI=1S/C20H24F6N2O/c21-19(22,23)13-5-1-11(2-6-13)15-9-10-28-17(16(15)18(27)29)12-3-7-14(8-4-12)20(24,25)26/h9-14H,1-8H2,(H2,27,29). The monoisotopic (exact) mass is 422 g/mol. The minimum Gasteiger partial charge on any atom is -0.366 e. The van der Waals surface area contributed by atoms with Crippen molar-refractivity contribution in [3.05, 3.63) is 29.1 Å². The maximum Gasteiger partial charge on any atom is 0.391 e. The van der Waals surface area contributed by atoms with E-state index < -0.39 is 30.1 Å². The van der Waals surface area contributed by atoms with Crippen molar-refractivity contribution in [1.82, 2.24) is 4.98 Å². The molecule has 3 rings (SSSR count). The van der Waals surface area contributed by atoms with Crippen molar-refractivity contribution in [2.75, 3.05) is 0 Å². The molecule has 29 heavy (non-hydrogen) atoms. The highest BCUT2D eigenvalue weighted by atomic mass is 19.4. The van der Waals surface area contributed by atoms with Gasteiger partial charge < -0.3 is 5.73 Å². The average molecular weight is 422 g/mol. The summed E-state index contributed by atoms with van der Waals surface area (Å²) in [5.41, 5.74) is 6.76. The number of hydrogen-bond donors (Lipinski definition) is 1. The number of halogens is 6. The van der Waals surface area contributed by atoms with Gasteiger partial charge in [0.05, 0.1) is 23.1 Å². The minimum absolute atomic E-state index is 0.0132. The van der Waals surface area contributed by atoms with Gasteiger partial charge in [-0.15, -0.1) is 0 Å². The molecule has 162 valence electrons. The highest BCUT2D eigenvalue weighted by Crippen LogP contribution is 2.46. The van der Waals surface area contributed by atoms with Crippen molar-refractivity contribution < 1.29 is 31.1 Å². The van der Waals surface area contributed by atoms with Crippen LogP contribution in [-0.2, 0) is 0 Å². The molecule has 0 aliphatic heterocycles. The molecule has 0 aromatic carbocycles. The molecule has 2 aliphatic rings. The van der Waals surface area contributed by atoms with Crippen LogP contribution in [0.4, 0.5) is 26.3 Å². The van der Waals surface area contributed by atoms with E-state index in [4.69, 9.17) is 5.73 Å². The third-order valence-corrected chi connectivity index (χ3v) is 6.47. The summed E-state index contributed by atoms with van der Waals surface area (Å²) in [6.45, 7) is 0. The molecule has 9 heteroatoms. The Morgan fingerprint density at radius 2 is 1.28 bits per heavy atom. The van der Waals surface area contributed by atoms with Crippen LogP contribution in [0, 0.1) is 11.8 Å². The molecular formula is C20H24F6N2O. The third kappa shape index (κ3) is 4.86. The summed E-state index contributed by atoms with van der Waals surface area (Å²) in [5, 5.41) is 0. The topological polar surface area (TPSA) is 56.0 Å². The summed E-state index contributed by atoms with van der Waals surface area (Å²) in [4.78, 5) is 16.5. The molecule has 0 bridgehead atoms. The number of nitrogens with two attached hydrogens (primary N) is 1. The van der Waals surface area contributed by atoms with Crippen molar-refractivity contribution in [1.29, 1.82) is 0 Å².